The van der Waals surface area contributed by atoms with Crippen LogP contribution >= 0.6 is 0 Å². The average Bonchev–Trinajstić information content (AvgIpc) is 1.41. The van der Waals surface area contributed by atoms with Gasteiger partial charge in [-0.1, -0.05) is 0 Å². The first-order valence-electron chi connectivity index (χ1n) is 1.34. The Bertz CT molecular complexity index is 30.0. The summed E-state index contributed by atoms with van der Waals surface area (Å²) in [5.74, 6) is 0. The third-order valence-corrected chi connectivity index (χ3v) is 0.235. The molecule has 0 aromatic heterocycles. The van der Waals surface area contributed by atoms with Gasteiger partial charge in [0.15, 0.2) is 0 Å². The summed E-state index contributed by atoms with van der Waals surface area (Å²) in [4.78, 5) is 9.28. The Morgan fingerprint density at radius 2 is 2.33 bits per heavy atom. The smallest absolute Gasteiger partial charge is 0.145 e. The Labute approximate surface area is 67.7 Å². The maximum absolute atomic E-state index is 9.28. The number of hydrogen-bond donors (Lipinski definition) is 0. The molecule has 0 unspecified atom stereocenters. The number of carbonyl (C=O) groups is 1. The van der Waals surface area contributed by atoms with Crippen molar-refractivity contribution in [1.82, 2.24) is 0 Å². The molecule has 0 N–H and O–H groups in total. The Balaban J connectivity index is 0. The van der Waals surface area contributed by atoms with Gasteiger partial charge in [-0.25, -0.2) is 0 Å². The monoisotopic (exact) mass is 233 g/mol. The summed E-state index contributed by atoms with van der Waals surface area (Å²) >= 11 is 0. The molecule has 0 rings (SSSR count). The molecule has 0 bridgehead atoms. The van der Waals surface area contributed by atoms with E-state index in [1.165, 1.54) is 7.11 Å². The Hall–Kier alpha value is 0.916. The fraction of sp³-hybridized carbons (Fsp3) is 0.667. The second kappa shape index (κ2) is 9.32. The van der Waals surface area contributed by atoms with E-state index in [0.717, 1.165) is 0 Å². The van der Waals surface area contributed by atoms with Gasteiger partial charge < -0.3 is 9.53 Å². The second-order valence-corrected chi connectivity index (χ2v) is 0.622. The van der Waals surface area contributed by atoms with Crippen LogP contribution in [0.1, 0.15) is 0 Å². The fourth-order valence-corrected chi connectivity index (χ4v) is 0.0680. The number of ether oxygens (including phenoxy) is 1. The number of methoxy groups -OCH3 is 1. The van der Waals surface area contributed by atoms with Gasteiger partial charge in [-0.3, -0.25) is 0 Å². The van der Waals surface area contributed by atoms with Crippen molar-refractivity contribution in [3.8, 4) is 0 Å². The second-order valence-electron chi connectivity index (χ2n) is 0.622. The van der Waals surface area contributed by atoms with E-state index in [9.17, 15) is 4.79 Å². The van der Waals surface area contributed by atoms with Crippen LogP contribution in [0.5, 0.6) is 0 Å². The van der Waals surface area contributed by atoms with Crippen LogP contribution < -0.4 is 0 Å². The number of rotatable bonds is 2. The van der Waals surface area contributed by atoms with Gasteiger partial charge in [0.2, 0.25) is 0 Å². The predicted molar refractivity (Wildman–Crippen MR) is 17.9 cm³/mol. The number of hydrogen-bond acceptors (Lipinski definition) is 2. The van der Waals surface area contributed by atoms with Gasteiger partial charge in [-0.2, -0.15) is 0 Å². The summed E-state index contributed by atoms with van der Waals surface area (Å²) in [5, 5.41) is 0. The van der Waals surface area contributed by atoms with Crippen molar-refractivity contribution < 1.29 is 48.1 Å². The van der Waals surface area contributed by atoms with Crippen molar-refractivity contribution >= 4 is 6.29 Å². The van der Waals surface area contributed by atoms with Crippen LogP contribution in [-0.2, 0) is 9.53 Å². The van der Waals surface area contributed by atoms with E-state index >= 15 is 0 Å². The maximum Gasteiger partial charge on any atom is 0.145 e. The van der Waals surface area contributed by atoms with Crippen LogP contribution in [0.4, 0.5) is 0 Å². The molecule has 1 radical (unpaired) electrons. The number of aldehydes is 1. The molecule has 3 heteroatoms. The van der Waals surface area contributed by atoms with E-state index in [4.69, 9.17) is 0 Å². The van der Waals surface area contributed by atoms with Crippen LogP contribution in [-0.4, -0.2) is 20.0 Å². The summed E-state index contributed by atoms with van der Waals surface area (Å²) in [6.45, 7) is 0.208. The molecule has 0 atom stereocenters. The molecular weight excluding hydrogens is 227 g/mol. The normalized spacial score (nSPS) is 6.17. The van der Waals surface area contributed by atoms with Gasteiger partial charge in [0, 0.05) is 45.7 Å². The van der Waals surface area contributed by atoms with Gasteiger partial charge in [-0.05, 0) is 0 Å². The van der Waals surface area contributed by atoms with Crippen molar-refractivity contribution in [3.05, 3.63) is 0 Å². The molecule has 0 fully saturated rings. The Morgan fingerprint density at radius 1 is 1.83 bits per heavy atom. The van der Waals surface area contributed by atoms with Gasteiger partial charge in [0.25, 0.3) is 0 Å². The zero-order chi connectivity index (χ0) is 4.12. The van der Waals surface area contributed by atoms with Crippen LogP contribution in [0.15, 0.2) is 0 Å². The SMILES string of the molecule is COCC=O.[Tb]. The average molecular weight is 233 g/mol. The van der Waals surface area contributed by atoms with E-state index in [-0.39, 0.29) is 45.2 Å². The molecule has 0 aromatic carbocycles. The molecule has 0 amide bonds. The molecule has 39 valence electrons. The molecule has 0 spiro atoms. The molecule has 0 aliphatic rings. The minimum atomic E-state index is 0. The molecule has 6 heavy (non-hydrogen) atoms. The zero-order valence-corrected chi connectivity index (χ0v) is 5.57. The summed E-state index contributed by atoms with van der Waals surface area (Å²) in [7, 11) is 1.48. The van der Waals surface area contributed by atoms with Crippen molar-refractivity contribution in [2.24, 2.45) is 0 Å². The van der Waals surface area contributed by atoms with Gasteiger partial charge in [0.1, 0.15) is 12.9 Å². The topological polar surface area (TPSA) is 26.3 Å². The third kappa shape index (κ3) is 8.87. The van der Waals surface area contributed by atoms with Gasteiger partial charge >= 0.3 is 0 Å². The van der Waals surface area contributed by atoms with Crippen molar-refractivity contribution in [2.75, 3.05) is 13.7 Å². The Kier molecular flexibility index (Phi) is 15.6. The van der Waals surface area contributed by atoms with Crippen LogP contribution in [0.3, 0.4) is 0 Å². The molecule has 0 saturated heterocycles. The summed E-state index contributed by atoms with van der Waals surface area (Å²) < 4.78 is 4.32. The van der Waals surface area contributed by atoms with Gasteiger partial charge in [0.05, 0.1) is 0 Å². The van der Waals surface area contributed by atoms with Crippen LogP contribution in [0.2, 0.25) is 0 Å². The van der Waals surface area contributed by atoms with Crippen molar-refractivity contribution in [3.63, 3.8) is 0 Å². The summed E-state index contributed by atoms with van der Waals surface area (Å²) in [6.07, 6.45) is 0.708. The molecule has 0 aliphatic heterocycles. The van der Waals surface area contributed by atoms with Crippen LogP contribution in [0, 0.1) is 38.6 Å². The predicted octanol–water partition coefficient (Wildman–Crippen LogP) is -0.168. The minimum absolute atomic E-state index is 0. The molecule has 0 aromatic rings. The number of carbonyl (C=O) groups excluding carboxylic acids is 1. The zero-order valence-electron chi connectivity index (χ0n) is 3.43. The first kappa shape index (κ1) is 10.0. The summed E-state index contributed by atoms with van der Waals surface area (Å²) in [6, 6.07) is 0. The minimum Gasteiger partial charge on any atom is -0.377 e. The molecule has 0 aliphatic carbocycles. The standard InChI is InChI=1S/C3H6O2.Tb/c1-5-3-2-4;/h2H,3H2,1H3;. The molecule has 2 nitrogen and oxygen atoms in total. The molecule has 0 heterocycles. The van der Waals surface area contributed by atoms with E-state index in [1.807, 2.05) is 0 Å². The molecular formula is C3H6O2Tb. The van der Waals surface area contributed by atoms with E-state index in [2.05, 4.69) is 4.74 Å². The first-order valence-corrected chi connectivity index (χ1v) is 1.34. The quantitative estimate of drug-likeness (QED) is 0.619. The first-order chi connectivity index (χ1) is 2.41. The van der Waals surface area contributed by atoms with Crippen molar-refractivity contribution in [1.29, 1.82) is 0 Å². The fourth-order valence-electron chi connectivity index (χ4n) is 0.0680. The molecule has 0 saturated carbocycles. The third-order valence-electron chi connectivity index (χ3n) is 0.235. The van der Waals surface area contributed by atoms with Crippen LogP contribution in [0.25, 0.3) is 0 Å². The summed E-state index contributed by atoms with van der Waals surface area (Å²) in [5.41, 5.74) is 0. The van der Waals surface area contributed by atoms with E-state index in [1.54, 1.807) is 0 Å². The van der Waals surface area contributed by atoms with Crippen molar-refractivity contribution in [2.45, 2.75) is 0 Å². The maximum atomic E-state index is 9.28. The van der Waals surface area contributed by atoms with E-state index in [0.29, 0.717) is 6.29 Å². The largest absolute Gasteiger partial charge is 0.377 e. The van der Waals surface area contributed by atoms with Gasteiger partial charge in [-0.15, -0.1) is 0 Å². The Morgan fingerprint density at radius 3 is 2.33 bits per heavy atom. The van der Waals surface area contributed by atoms with E-state index < -0.39 is 0 Å².